The fourth-order valence-corrected chi connectivity index (χ4v) is 1.41. The van der Waals surface area contributed by atoms with E-state index in [4.69, 9.17) is 9.84 Å². The zero-order chi connectivity index (χ0) is 14.3. The van der Waals surface area contributed by atoms with Crippen LogP contribution in [0.4, 0.5) is 4.79 Å². The topological polar surface area (TPSA) is 75.6 Å². The van der Waals surface area contributed by atoms with Gasteiger partial charge < -0.3 is 15.2 Å². The third kappa shape index (κ3) is 9.69. The van der Waals surface area contributed by atoms with E-state index in [1.807, 2.05) is 19.9 Å². The number of amides is 1. The Morgan fingerprint density at radius 3 is 2.28 bits per heavy atom. The van der Waals surface area contributed by atoms with Gasteiger partial charge in [0, 0.05) is 12.5 Å². The first-order valence-electron chi connectivity index (χ1n) is 5.94. The summed E-state index contributed by atoms with van der Waals surface area (Å²) in [6.45, 7) is 9.36. The maximum Gasteiger partial charge on any atom is 0.407 e. The van der Waals surface area contributed by atoms with Gasteiger partial charge in [-0.15, -0.1) is 0 Å². The molecule has 104 valence electrons. The summed E-state index contributed by atoms with van der Waals surface area (Å²) in [5.74, 6) is -1.11. The van der Waals surface area contributed by atoms with Crippen molar-refractivity contribution in [3.63, 3.8) is 0 Å². The van der Waals surface area contributed by atoms with E-state index in [1.165, 1.54) is 0 Å². The number of aliphatic carboxylic acids is 1. The van der Waals surface area contributed by atoms with Crippen molar-refractivity contribution in [2.75, 3.05) is 6.54 Å². The molecular formula is C13H23NO4. The molecule has 0 fully saturated rings. The van der Waals surface area contributed by atoms with E-state index in [0.29, 0.717) is 0 Å². The molecular weight excluding hydrogens is 234 g/mol. The highest BCUT2D eigenvalue weighted by atomic mass is 16.6. The predicted octanol–water partition coefficient (Wildman–Crippen LogP) is 2.57. The summed E-state index contributed by atoms with van der Waals surface area (Å²) >= 11 is 0. The summed E-state index contributed by atoms with van der Waals surface area (Å²) < 4.78 is 5.08. The molecule has 0 aliphatic heterocycles. The molecule has 0 heterocycles. The molecule has 0 spiro atoms. The van der Waals surface area contributed by atoms with Gasteiger partial charge in [-0.25, -0.2) is 4.79 Å². The van der Waals surface area contributed by atoms with Gasteiger partial charge in [-0.3, -0.25) is 4.79 Å². The van der Waals surface area contributed by atoms with E-state index in [2.05, 4.69) is 5.32 Å². The van der Waals surface area contributed by atoms with E-state index < -0.39 is 17.7 Å². The Labute approximate surface area is 108 Å². The number of carbonyl (C=O) groups excluding carboxylic acids is 1. The summed E-state index contributed by atoms with van der Waals surface area (Å²) in [6.07, 6.45) is 1.30. The minimum Gasteiger partial charge on any atom is -0.481 e. The van der Waals surface area contributed by atoms with E-state index in [-0.39, 0.29) is 18.9 Å². The van der Waals surface area contributed by atoms with Crippen LogP contribution in [0.15, 0.2) is 11.6 Å². The van der Waals surface area contributed by atoms with Crippen LogP contribution in [0.25, 0.3) is 0 Å². The quantitative estimate of drug-likeness (QED) is 0.742. The highest BCUT2D eigenvalue weighted by Crippen LogP contribution is 2.09. The maximum absolute atomic E-state index is 11.4. The van der Waals surface area contributed by atoms with Crippen LogP contribution in [0.5, 0.6) is 0 Å². The molecule has 0 radical (unpaired) electrons. The lowest BCUT2D eigenvalue weighted by Gasteiger charge is -2.20. The largest absolute Gasteiger partial charge is 0.481 e. The average Bonchev–Trinajstić information content (AvgIpc) is 2.09. The van der Waals surface area contributed by atoms with Crippen LogP contribution in [0.2, 0.25) is 0 Å². The smallest absolute Gasteiger partial charge is 0.407 e. The minimum absolute atomic E-state index is 0.0129. The molecule has 5 heteroatoms. The third-order valence-corrected chi connectivity index (χ3v) is 1.91. The lowest BCUT2D eigenvalue weighted by Crippen LogP contribution is -2.35. The van der Waals surface area contributed by atoms with E-state index in [1.54, 1.807) is 20.8 Å². The Morgan fingerprint density at radius 2 is 1.89 bits per heavy atom. The van der Waals surface area contributed by atoms with E-state index >= 15 is 0 Å². The Bertz CT molecular complexity index is 324. The fourth-order valence-electron chi connectivity index (χ4n) is 1.41. The van der Waals surface area contributed by atoms with Gasteiger partial charge in [0.1, 0.15) is 5.60 Å². The van der Waals surface area contributed by atoms with E-state index in [9.17, 15) is 9.59 Å². The van der Waals surface area contributed by atoms with Gasteiger partial charge in [0.15, 0.2) is 0 Å². The number of allylic oxidation sites excluding steroid dienone is 1. The van der Waals surface area contributed by atoms with Gasteiger partial charge in [-0.2, -0.15) is 0 Å². The molecule has 0 aliphatic carbocycles. The van der Waals surface area contributed by atoms with Crippen molar-refractivity contribution in [1.29, 1.82) is 0 Å². The minimum atomic E-state index is -0.886. The zero-order valence-electron chi connectivity index (χ0n) is 11.7. The lowest BCUT2D eigenvalue weighted by atomic mass is 10.0. The summed E-state index contributed by atoms with van der Waals surface area (Å²) in [6, 6.07) is 0. The average molecular weight is 257 g/mol. The van der Waals surface area contributed by atoms with Crippen LogP contribution in [-0.2, 0) is 9.53 Å². The van der Waals surface area contributed by atoms with Gasteiger partial charge in [-0.05, 0) is 34.6 Å². The number of nitrogens with one attached hydrogen (secondary N) is 1. The molecule has 5 nitrogen and oxygen atoms in total. The number of alkyl carbamates (subject to hydrolysis) is 1. The summed E-state index contributed by atoms with van der Waals surface area (Å²) in [5, 5.41) is 11.4. The highest BCUT2D eigenvalue weighted by molar-refractivity contribution is 5.69. The summed E-state index contributed by atoms with van der Waals surface area (Å²) in [5.41, 5.74) is 0.468. The zero-order valence-corrected chi connectivity index (χ0v) is 11.7. The van der Waals surface area contributed by atoms with Gasteiger partial charge >= 0.3 is 12.1 Å². The van der Waals surface area contributed by atoms with Crippen LogP contribution in [0, 0.1) is 5.92 Å². The number of carboxylic acid groups (broad SMARTS) is 1. The second-order valence-corrected chi connectivity index (χ2v) is 5.48. The van der Waals surface area contributed by atoms with Crippen LogP contribution in [0.1, 0.15) is 41.0 Å². The van der Waals surface area contributed by atoms with Crippen molar-refractivity contribution < 1.29 is 19.4 Å². The second kappa shape index (κ2) is 7.03. The molecule has 0 aromatic carbocycles. The number of carboxylic acids is 1. The van der Waals surface area contributed by atoms with Crippen molar-refractivity contribution >= 4 is 12.1 Å². The van der Waals surface area contributed by atoms with Gasteiger partial charge in [0.2, 0.25) is 0 Å². The monoisotopic (exact) mass is 257 g/mol. The molecule has 1 amide bonds. The molecule has 0 saturated heterocycles. The molecule has 0 rings (SSSR count). The first kappa shape index (κ1) is 16.5. The molecule has 2 N–H and O–H groups in total. The van der Waals surface area contributed by atoms with Crippen molar-refractivity contribution in [1.82, 2.24) is 5.32 Å². The first-order valence-corrected chi connectivity index (χ1v) is 5.94. The molecule has 0 aliphatic rings. The highest BCUT2D eigenvalue weighted by Gasteiger charge is 2.17. The van der Waals surface area contributed by atoms with E-state index in [0.717, 1.165) is 5.57 Å². The summed E-state index contributed by atoms with van der Waals surface area (Å²) in [7, 11) is 0. The number of hydrogen-bond donors (Lipinski definition) is 2. The van der Waals surface area contributed by atoms with Crippen LogP contribution >= 0.6 is 0 Å². The number of hydrogen-bond acceptors (Lipinski definition) is 3. The van der Waals surface area contributed by atoms with Gasteiger partial charge in [-0.1, -0.05) is 11.6 Å². The Balaban J connectivity index is 4.31. The Hall–Kier alpha value is -1.52. The molecule has 0 aromatic rings. The van der Waals surface area contributed by atoms with Crippen LogP contribution < -0.4 is 5.32 Å². The predicted molar refractivity (Wildman–Crippen MR) is 69.4 cm³/mol. The molecule has 0 saturated carbocycles. The van der Waals surface area contributed by atoms with Crippen LogP contribution in [-0.4, -0.2) is 29.3 Å². The fraction of sp³-hybridized carbons (Fsp3) is 0.692. The van der Waals surface area contributed by atoms with Crippen molar-refractivity contribution in [2.45, 2.75) is 46.6 Å². The molecule has 0 bridgehead atoms. The normalized spacial score (nSPS) is 12.5. The van der Waals surface area contributed by atoms with Gasteiger partial charge in [0.05, 0.1) is 6.42 Å². The number of rotatable bonds is 5. The summed E-state index contributed by atoms with van der Waals surface area (Å²) in [4.78, 5) is 22.1. The molecule has 0 aromatic heterocycles. The van der Waals surface area contributed by atoms with Crippen LogP contribution in [0.3, 0.4) is 0 Å². The molecule has 0 unspecified atom stereocenters. The Kier molecular flexibility index (Phi) is 6.44. The lowest BCUT2D eigenvalue weighted by molar-refractivity contribution is -0.137. The first-order chi connectivity index (χ1) is 8.10. The number of carbonyl (C=O) groups is 2. The third-order valence-electron chi connectivity index (χ3n) is 1.91. The van der Waals surface area contributed by atoms with Crippen molar-refractivity contribution in [3.05, 3.63) is 11.6 Å². The SMILES string of the molecule is CC(C)=C[C@H](CNC(=O)OC(C)(C)C)CC(=O)O. The number of ether oxygens (including phenoxy) is 1. The molecule has 18 heavy (non-hydrogen) atoms. The standard InChI is InChI=1S/C13H23NO4/c1-9(2)6-10(7-11(15)16)8-14-12(17)18-13(3,4)5/h6,10H,7-8H2,1-5H3,(H,14,17)(H,15,16)/t10-/m0/s1. The van der Waals surface area contributed by atoms with Crippen molar-refractivity contribution in [3.8, 4) is 0 Å². The maximum atomic E-state index is 11.4. The van der Waals surface area contributed by atoms with Crippen molar-refractivity contribution in [2.24, 2.45) is 5.92 Å². The Morgan fingerprint density at radius 1 is 1.33 bits per heavy atom. The molecule has 1 atom stereocenters. The second-order valence-electron chi connectivity index (χ2n) is 5.48. The van der Waals surface area contributed by atoms with Gasteiger partial charge in [0.25, 0.3) is 0 Å².